The lowest BCUT2D eigenvalue weighted by Crippen LogP contribution is -1.82. The first-order valence-electron chi connectivity index (χ1n) is 13.0. The second-order valence-electron chi connectivity index (χ2n) is 9.79. The molecule has 7 aromatic rings. The van der Waals surface area contributed by atoms with Gasteiger partial charge in [-0.15, -0.1) is 74.4 Å². The van der Waals surface area contributed by atoms with E-state index in [2.05, 4.69) is 9.97 Å². The summed E-state index contributed by atoms with van der Waals surface area (Å²) < 4.78 is 0. The van der Waals surface area contributed by atoms with Gasteiger partial charge in [-0.2, -0.15) is 0 Å². The number of hydrogen-bond acceptors (Lipinski definition) is 6. The van der Waals surface area contributed by atoms with Crippen LogP contribution in [0.5, 0.6) is 0 Å². The van der Waals surface area contributed by atoms with Gasteiger partial charge >= 0.3 is 0 Å². The molecule has 4 aromatic carbocycles. The number of hydrogen-bond donors (Lipinski definition) is 2. The quantitative estimate of drug-likeness (QED) is 0.170. The molecule has 0 spiro atoms. The monoisotopic (exact) mass is 794 g/mol. The molecule has 3 aromatic heterocycles. The molecule has 0 unspecified atom stereocenters. The molecular formula is C32H32Cl6N8Si2. The normalized spacial score (nSPS) is 10.0. The maximum absolute atomic E-state index is 5.02. The van der Waals surface area contributed by atoms with Crippen molar-refractivity contribution >= 4 is 141 Å². The van der Waals surface area contributed by atoms with Gasteiger partial charge in [0.05, 0.1) is 0 Å². The van der Waals surface area contributed by atoms with Crippen molar-refractivity contribution in [2.45, 2.75) is 0 Å². The number of aromatic nitrogens is 8. The summed E-state index contributed by atoms with van der Waals surface area (Å²) in [6.07, 6.45) is 0. The number of aromatic amines is 2. The first kappa shape index (κ1) is 42.4. The van der Waals surface area contributed by atoms with E-state index >= 15 is 0 Å². The van der Waals surface area contributed by atoms with Crippen LogP contribution in [0.3, 0.4) is 0 Å². The number of nitrogens with one attached hydrogen (secondary N) is 2. The fraction of sp³-hybridized carbons (Fsp3) is 0. The van der Waals surface area contributed by atoms with Crippen LogP contribution in [0.15, 0.2) is 97.1 Å². The van der Waals surface area contributed by atoms with E-state index in [4.69, 9.17) is 29.9 Å². The fourth-order valence-electron chi connectivity index (χ4n) is 5.59. The summed E-state index contributed by atoms with van der Waals surface area (Å²) in [7, 11) is 0. The predicted octanol–water partition coefficient (Wildman–Crippen LogP) is 6.50. The lowest BCUT2D eigenvalue weighted by Gasteiger charge is -1.96. The Hall–Kier alpha value is -3.59. The molecule has 16 heteroatoms. The smallest absolute Gasteiger partial charge is 0.164 e. The van der Waals surface area contributed by atoms with Crippen LogP contribution in [-0.2, 0) is 0 Å². The van der Waals surface area contributed by atoms with Crippen LogP contribution in [0.2, 0.25) is 0 Å². The minimum Gasteiger partial charge on any atom is -0.324 e. The maximum Gasteiger partial charge on any atom is 0.164 e. The Balaban J connectivity index is 0.00000144. The van der Waals surface area contributed by atoms with E-state index in [0.717, 1.165) is 43.8 Å². The van der Waals surface area contributed by atoms with E-state index in [1.165, 1.54) is 0 Å². The Morgan fingerprint density at radius 1 is 0.292 bits per heavy atom. The first-order valence-corrected chi connectivity index (χ1v) is 13.0. The Labute approximate surface area is 321 Å². The van der Waals surface area contributed by atoms with Gasteiger partial charge in [-0.05, 0) is 21.9 Å². The summed E-state index contributed by atoms with van der Waals surface area (Å²) in [5, 5.41) is 3.82. The van der Waals surface area contributed by atoms with E-state index in [9.17, 15) is 0 Å². The topological polar surface area (TPSA) is 109 Å². The maximum atomic E-state index is 5.02. The van der Waals surface area contributed by atoms with Crippen molar-refractivity contribution in [3.05, 3.63) is 97.1 Å². The van der Waals surface area contributed by atoms with Gasteiger partial charge in [0.1, 0.15) is 22.6 Å². The molecule has 0 fully saturated rings. The van der Waals surface area contributed by atoms with Crippen LogP contribution in [0, 0.1) is 0 Å². The van der Waals surface area contributed by atoms with Gasteiger partial charge in [-0.3, -0.25) is 0 Å². The average molecular weight is 798 g/mol. The largest absolute Gasteiger partial charge is 0.324 e. The lowest BCUT2D eigenvalue weighted by atomic mass is 10.1. The Morgan fingerprint density at radius 3 is 0.729 bits per heavy atom. The highest BCUT2D eigenvalue weighted by Crippen LogP contribution is 2.36. The highest BCUT2D eigenvalue weighted by molar-refractivity contribution is 6.06. The minimum absolute atomic E-state index is 0. The fourth-order valence-corrected chi connectivity index (χ4v) is 5.59. The molecule has 8 bridgehead atoms. The summed E-state index contributed by atoms with van der Waals surface area (Å²) in [4.78, 5) is 36.8. The first-order chi connectivity index (χ1) is 19.8. The van der Waals surface area contributed by atoms with E-state index in [1.807, 2.05) is 97.1 Å². The Bertz CT molecular complexity index is 2060. The summed E-state index contributed by atoms with van der Waals surface area (Å²) in [6, 6.07) is 32.2. The number of halogens is 6. The molecule has 0 radical (unpaired) electrons. The molecule has 8 nitrogen and oxygen atoms in total. The van der Waals surface area contributed by atoms with Crippen LogP contribution in [0.4, 0.5) is 0 Å². The average Bonchev–Trinajstić information content (AvgIpc) is 3.73. The van der Waals surface area contributed by atoms with E-state index < -0.39 is 0 Å². The lowest BCUT2D eigenvalue weighted by molar-refractivity contribution is 1.19. The number of fused-ring (bicyclic) bond motifs is 20. The summed E-state index contributed by atoms with van der Waals surface area (Å²) in [5.41, 5.74) is 6.45. The molecule has 9 rings (SSSR count). The third kappa shape index (κ3) is 6.67. The van der Waals surface area contributed by atoms with E-state index in [-0.39, 0.29) is 96.4 Å². The van der Waals surface area contributed by atoms with Gasteiger partial charge in [0.2, 0.25) is 0 Å². The Kier molecular flexibility index (Phi) is 14.8. The number of nitrogens with zero attached hydrogens (tertiary/aromatic N) is 6. The zero-order valence-electron chi connectivity index (χ0n) is 23.4. The van der Waals surface area contributed by atoms with Crippen molar-refractivity contribution in [2.75, 3.05) is 0 Å². The molecule has 250 valence electrons. The zero-order valence-corrected chi connectivity index (χ0v) is 28.3. The minimum atomic E-state index is 0. The number of H-pyrrole nitrogens is 2. The van der Waals surface area contributed by atoms with Crippen molar-refractivity contribution in [2.24, 2.45) is 0 Å². The van der Waals surface area contributed by atoms with Gasteiger partial charge in [-0.25, -0.2) is 29.9 Å². The van der Waals surface area contributed by atoms with E-state index in [0.29, 0.717) is 45.9 Å². The van der Waals surface area contributed by atoms with Gasteiger partial charge in [0.15, 0.2) is 23.3 Å². The van der Waals surface area contributed by atoms with Crippen molar-refractivity contribution in [1.82, 2.24) is 39.9 Å². The van der Waals surface area contributed by atoms with Crippen molar-refractivity contribution in [1.29, 1.82) is 0 Å². The van der Waals surface area contributed by atoms with Crippen LogP contribution in [-0.4, -0.2) is 61.8 Å². The molecule has 48 heavy (non-hydrogen) atoms. The third-order valence-corrected chi connectivity index (χ3v) is 7.46. The van der Waals surface area contributed by atoms with Crippen LogP contribution < -0.4 is 0 Å². The summed E-state index contributed by atoms with van der Waals surface area (Å²) >= 11 is 0. The highest BCUT2D eigenvalue weighted by Gasteiger charge is 2.21. The number of rotatable bonds is 0. The molecule has 0 saturated heterocycles. The summed E-state index contributed by atoms with van der Waals surface area (Å²) in [5.74, 6) is 2.39. The molecule has 0 amide bonds. The summed E-state index contributed by atoms with van der Waals surface area (Å²) in [6.45, 7) is 0. The third-order valence-electron chi connectivity index (χ3n) is 7.46. The van der Waals surface area contributed by atoms with Gasteiger partial charge in [0.25, 0.3) is 0 Å². The standard InChI is InChI=1S/C32H18N8.6ClH.2H4Si/c1-2-10-18-17(9-1)25-33-26(18)38-28-21-13-5-6-14-22(21)30(35-28)40-32-24-16-8-7-15-23(24)31(36-32)39-29-20-12-4-3-11-19(20)27(34-29)37-25;;;;;;;;/h1-16H,(H2,33,34,35,36,37,38,39,40);6*1H;2*1H4. The molecule has 2 N–H and O–H groups in total. The SMILES string of the molecule is Cl.Cl.Cl.Cl.Cl.Cl.[SiH4].[SiH4].c1ccc2c(c1)-c1nc-2nc2[nH]c(nc3nc(nc4[nH]c(n1)c1ccccc41)-c1ccccc1-3)c1ccccc21. The van der Waals surface area contributed by atoms with Crippen LogP contribution >= 0.6 is 74.4 Å². The molecule has 5 heterocycles. The molecule has 0 atom stereocenters. The van der Waals surface area contributed by atoms with Crippen molar-refractivity contribution < 1.29 is 0 Å². The van der Waals surface area contributed by atoms with E-state index in [1.54, 1.807) is 0 Å². The highest BCUT2D eigenvalue weighted by atomic mass is 35.5. The van der Waals surface area contributed by atoms with Crippen LogP contribution in [0.1, 0.15) is 0 Å². The molecule has 2 aliphatic rings. The second-order valence-corrected chi connectivity index (χ2v) is 9.79. The number of benzene rings is 4. The van der Waals surface area contributed by atoms with Crippen molar-refractivity contribution in [3.8, 4) is 45.6 Å². The van der Waals surface area contributed by atoms with Crippen molar-refractivity contribution in [3.63, 3.8) is 0 Å². The predicted molar refractivity (Wildman–Crippen MR) is 222 cm³/mol. The van der Waals surface area contributed by atoms with Gasteiger partial charge in [-0.1, -0.05) is 97.1 Å². The molecule has 0 saturated carbocycles. The zero-order chi connectivity index (χ0) is 26.2. The molecule has 0 aliphatic carbocycles. The van der Waals surface area contributed by atoms with Gasteiger partial charge in [0, 0.05) is 43.8 Å². The Morgan fingerprint density at radius 2 is 0.500 bits per heavy atom. The molecular weight excluding hydrogens is 765 g/mol. The molecule has 2 aliphatic heterocycles. The van der Waals surface area contributed by atoms with Gasteiger partial charge < -0.3 is 9.97 Å². The second kappa shape index (κ2) is 16.7. The van der Waals surface area contributed by atoms with Crippen LogP contribution in [0.25, 0.3) is 89.7 Å².